The molecule has 0 aliphatic carbocycles. The molecule has 0 saturated carbocycles. The average molecular weight is 260 g/mol. The number of nitrogens with zero attached hydrogens (tertiary/aromatic N) is 3. The quantitative estimate of drug-likeness (QED) is 0.875. The first kappa shape index (κ1) is 13.0. The fourth-order valence-corrected chi connectivity index (χ4v) is 3.88. The number of hydrogen-bond donors (Lipinski definition) is 1. The number of nitrogens with two attached hydrogens (primary N) is 1. The third kappa shape index (κ3) is 2.29. The van der Waals surface area contributed by atoms with E-state index in [4.69, 9.17) is 5.73 Å². The summed E-state index contributed by atoms with van der Waals surface area (Å²) in [5, 5.41) is 0. The number of pyridine rings is 1. The van der Waals surface area contributed by atoms with Gasteiger partial charge >= 0.3 is 0 Å². The molecule has 1 aromatic rings. The molecule has 2 bridgehead atoms. The van der Waals surface area contributed by atoms with Gasteiger partial charge in [-0.05, 0) is 56.6 Å². The Bertz CT molecular complexity index is 413. The van der Waals surface area contributed by atoms with Gasteiger partial charge in [-0.3, -0.25) is 9.88 Å². The van der Waals surface area contributed by atoms with Crippen LogP contribution in [0.4, 0.5) is 0 Å². The second kappa shape index (κ2) is 5.19. The van der Waals surface area contributed by atoms with Crippen molar-refractivity contribution < 1.29 is 0 Å². The van der Waals surface area contributed by atoms with Gasteiger partial charge < -0.3 is 10.6 Å². The third-order valence-corrected chi connectivity index (χ3v) is 5.13. The van der Waals surface area contributed by atoms with E-state index < -0.39 is 0 Å². The van der Waals surface area contributed by atoms with Crippen LogP contribution in [0.3, 0.4) is 0 Å². The maximum Gasteiger partial charge on any atom is 0.0487 e. The molecule has 104 valence electrons. The van der Waals surface area contributed by atoms with Crippen molar-refractivity contribution in [3.05, 3.63) is 30.1 Å². The Kier molecular flexibility index (Phi) is 3.56. The van der Waals surface area contributed by atoms with Crippen molar-refractivity contribution in [2.45, 2.75) is 24.9 Å². The van der Waals surface area contributed by atoms with E-state index in [0.717, 1.165) is 25.6 Å². The Balaban J connectivity index is 1.78. The van der Waals surface area contributed by atoms with Crippen molar-refractivity contribution in [3.63, 3.8) is 0 Å². The smallest absolute Gasteiger partial charge is 0.0487 e. The summed E-state index contributed by atoms with van der Waals surface area (Å²) in [4.78, 5) is 9.15. The van der Waals surface area contributed by atoms with Gasteiger partial charge in [-0.2, -0.15) is 0 Å². The summed E-state index contributed by atoms with van der Waals surface area (Å²) in [5.41, 5.74) is 7.69. The van der Waals surface area contributed by atoms with Crippen molar-refractivity contribution in [3.8, 4) is 0 Å². The molecule has 0 amide bonds. The van der Waals surface area contributed by atoms with Gasteiger partial charge in [0.1, 0.15) is 0 Å². The minimum atomic E-state index is 0.166. The summed E-state index contributed by atoms with van der Waals surface area (Å²) < 4.78 is 0. The zero-order chi connectivity index (χ0) is 13.3. The molecular formula is C15H24N4. The minimum Gasteiger partial charge on any atom is -0.329 e. The highest BCUT2D eigenvalue weighted by atomic mass is 15.3. The Morgan fingerprint density at radius 2 is 2.05 bits per heavy atom. The number of aromatic nitrogens is 1. The number of likely N-dealkylation sites (N-methyl/N-ethyl adjacent to an activating group) is 1. The fourth-order valence-electron chi connectivity index (χ4n) is 3.88. The first-order valence-corrected chi connectivity index (χ1v) is 7.27. The van der Waals surface area contributed by atoms with Crippen LogP contribution in [0, 0.1) is 5.92 Å². The molecule has 4 nitrogen and oxygen atoms in total. The van der Waals surface area contributed by atoms with Crippen LogP contribution in [-0.2, 0) is 6.54 Å². The maximum atomic E-state index is 6.20. The highest BCUT2D eigenvalue weighted by Crippen LogP contribution is 2.39. The van der Waals surface area contributed by atoms with E-state index in [9.17, 15) is 0 Å². The van der Waals surface area contributed by atoms with E-state index in [-0.39, 0.29) is 5.54 Å². The summed E-state index contributed by atoms with van der Waals surface area (Å²) >= 11 is 0. The molecule has 3 aliphatic rings. The van der Waals surface area contributed by atoms with Gasteiger partial charge in [-0.15, -0.1) is 0 Å². The molecule has 4 heterocycles. The monoisotopic (exact) mass is 260 g/mol. The van der Waals surface area contributed by atoms with Crippen LogP contribution in [-0.4, -0.2) is 53.5 Å². The lowest BCUT2D eigenvalue weighted by Crippen LogP contribution is -2.69. The fraction of sp³-hybridized carbons (Fsp3) is 0.667. The summed E-state index contributed by atoms with van der Waals surface area (Å²) in [6, 6.07) is 4.20. The molecule has 1 aromatic heterocycles. The van der Waals surface area contributed by atoms with Crippen LogP contribution in [0.5, 0.6) is 0 Å². The van der Waals surface area contributed by atoms with Crippen LogP contribution >= 0.6 is 0 Å². The number of fused-ring (bicyclic) bond motifs is 3. The molecule has 3 aliphatic heterocycles. The molecular weight excluding hydrogens is 236 g/mol. The number of rotatable bonds is 4. The van der Waals surface area contributed by atoms with E-state index in [0.29, 0.717) is 0 Å². The first-order chi connectivity index (χ1) is 9.24. The molecule has 1 atom stereocenters. The predicted octanol–water partition coefficient (Wildman–Crippen LogP) is 0.936. The second-order valence-corrected chi connectivity index (χ2v) is 6.07. The van der Waals surface area contributed by atoms with Crippen molar-refractivity contribution in [1.82, 2.24) is 14.8 Å². The van der Waals surface area contributed by atoms with Crippen molar-refractivity contribution in [2.75, 3.05) is 33.2 Å². The Hall–Kier alpha value is -0.970. The van der Waals surface area contributed by atoms with Crippen molar-refractivity contribution in [2.24, 2.45) is 11.7 Å². The topological polar surface area (TPSA) is 45.4 Å². The van der Waals surface area contributed by atoms with Crippen LogP contribution in [0.25, 0.3) is 0 Å². The van der Waals surface area contributed by atoms with Crippen LogP contribution in [0.2, 0.25) is 0 Å². The largest absolute Gasteiger partial charge is 0.329 e. The number of hydrogen-bond acceptors (Lipinski definition) is 4. The lowest BCUT2D eigenvalue weighted by Gasteiger charge is -2.57. The summed E-state index contributed by atoms with van der Waals surface area (Å²) in [6.45, 7) is 5.38. The summed E-state index contributed by atoms with van der Waals surface area (Å²) in [7, 11) is 2.23. The molecule has 4 rings (SSSR count). The van der Waals surface area contributed by atoms with E-state index >= 15 is 0 Å². The van der Waals surface area contributed by atoms with Crippen LogP contribution in [0.15, 0.2) is 24.5 Å². The van der Waals surface area contributed by atoms with Gasteiger partial charge in [-0.1, -0.05) is 0 Å². The normalized spacial score (nSPS) is 33.8. The van der Waals surface area contributed by atoms with Crippen molar-refractivity contribution in [1.29, 1.82) is 0 Å². The Morgan fingerprint density at radius 3 is 2.58 bits per heavy atom. The van der Waals surface area contributed by atoms with Gasteiger partial charge in [0.05, 0.1) is 0 Å². The molecule has 3 fully saturated rings. The first-order valence-electron chi connectivity index (χ1n) is 7.27. The molecule has 4 heteroatoms. The van der Waals surface area contributed by atoms with Crippen LogP contribution < -0.4 is 5.73 Å². The minimum absolute atomic E-state index is 0.166. The molecule has 2 N–H and O–H groups in total. The van der Waals surface area contributed by atoms with Gasteiger partial charge in [0.25, 0.3) is 0 Å². The van der Waals surface area contributed by atoms with Crippen LogP contribution in [0.1, 0.15) is 18.4 Å². The molecule has 19 heavy (non-hydrogen) atoms. The van der Waals surface area contributed by atoms with Gasteiger partial charge in [0.2, 0.25) is 0 Å². The molecule has 0 spiro atoms. The lowest BCUT2D eigenvalue weighted by molar-refractivity contribution is -0.0596. The number of piperidine rings is 3. The Labute approximate surface area is 115 Å². The molecule has 3 saturated heterocycles. The standard InChI is InChI=1S/C15H24N4/c1-18(10-13-2-6-17-7-3-13)15(11-16)12-19-8-4-14(15)5-9-19/h2-3,6-7,14H,4-5,8-12,16H2,1H3. The molecule has 0 radical (unpaired) electrons. The van der Waals surface area contributed by atoms with Crippen molar-refractivity contribution >= 4 is 0 Å². The van der Waals surface area contributed by atoms with E-state index in [2.05, 4.69) is 34.0 Å². The molecule has 1 unspecified atom stereocenters. The summed E-state index contributed by atoms with van der Waals surface area (Å²) in [6.07, 6.45) is 6.35. The predicted molar refractivity (Wildman–Crippen MR) is 76.7 cm³/mol. The van der Waals surface area contributed by atoms with E-state index in [1.54, 1.807) is 0 Å². The molecule has 0 aromatic carbocycles. The second-order valence-electron chi connectivity index (χ2n) is 6.07. The zero-order valence-corrected chi connectivity index (χ0v) is 11.8. The van der Waals surface area contributed by atoms with Gasteiger partial charge in [0, 0.05) is 37.6 Å². The maximum absolute atomic E-state index is 6.20. The SMILES string of the molecule is CN(Cc1ccncc1)C1(CN)CN2CCC1CC2. The van der Waals surface area contributed by atoms with Gasteiger partial charge in [-0.25, -0.2) is 0 Å². The van der Waals surface area contributed by atoms with E-state index in [1.807, 2.05) is 12.4 Å². The van der Waals surface area contributed by atoms with Gasteiger partial charge in [0.15, 0.2) is 0 Å². The highest BCUT2D eigenvalue weighted by molar-refractivity contribution is 5.12. The third-order valence-electron chi connectivity index (χ3n) is 5.13. The summed E-state index contributed by atoms with van der Waals surface area (Å²) in [5.74, 6) is 0.759. The van der Waals surface area contributed by atoms with E-state index in [1.165, 1.54) is 31.5 Å². The lowest BCUT2D eigenvalue weighted by atomic mass is 9.71. The average Bonchev–Trinajstić information content (AvgIpc) is 2.49. The Morgan fingerprint density at radius 1 is 1.37 bits per heavy atom. The zero-order valence-electron chi connectivity index (χ0n) is 11.8. The highest BCUT2D eigenvalue weighted by Gasteiger charge is 2.48.